The van der Waals surface area contributed by atoms with Crippen LogP contribution in [0.3, 0.4) is 0 Å². The minimum Gasteiger partial charge on any atom is -0.282 e. The van der Waals surface area contributed by atoms with Crippen molar-refractivity contribution in [3.05, 3.63) is 12.2 Å². The van der Waals surface area contributed by atoms with E-state index < -0.39 is 0 Å². The fourth-order valence-electron chi connectivity index (χ4n) is 0.945. The Morgan fingerprint density at radius 2 is 2.46 bits per heavy atom. The first-order valence-electron chi connectivity index (χ1n) is 4.22. The van der Waals surface area contributed by atoms with E-state index in [0.29, 0.717) is 5.57 Å². The molecule has 1 nitrogen and oxygen atoms in total. The minimum atomic E-state index is 0.149. The second kappa shape index (κ2) is 6.04. The third-order valence-electron chi connectivity index (χ3n) is 1.71. The van der Waals surface area contributed by atoms with Crippen LogP contribution < -0.4 is 0 Å². The first-order valence-corrected chi connectivity index (χ1v) is 7.41. The summed E-state index contributed by atoms with van der Waals surface area (Å²) in [6.07, 6.45) is 1.15. The zero-order valence-electron chi connectivity index (χ0n) is 7.75. The van der Waals surface area contributed by atoms with Crippen molar-refractivity contribution in [2.24, 2.45) is 0 Å². The van der Waals surface area contributed by atoms with Crippen molar-refractivity contribution in [2.45, 2.75) is 18.6 Å². The Bertz CT molecular complexity index is 197. The summed E-state index contributed by atoms with van der Waals surface area (Å²) >= 11 is 5.43. The number of hydrogen-bond donors (Lipinski definition) is 0. The van der Waals surface area contributed by atoms with Crippen molar-refractivity contribution in [1.29, 1.82) is 0 Å². The Hall–Kier alpha value is 0.460. The van der Waals surface area contributed by atoms with Gasteiger partial charge in [-0.1, -0.05) is 18.3 Å². The summed E-state index contributed by atoms with van der Waals surface area (Å²) in [4.78, 5) is 11.2. The predicted molar refractivity (Wildman–Crippen MR) is 65.6 cm³/mol. The average Bonchev–Trinajstić information content (AvgIpc) is 2.56. The summed E-state index contributed by atoms with van der Waals surface area (Å²) in [5.74, 6) is 2.20. The van der Waals surface area contributed by atoms with Gasteiger partial charge in [-0.25, -0.2) is 0 Å². The first kappa shape index (κ1) is 11.5. The van der Waals surface area contributed by atoms with E-state index in [-0.39, 0.29) is 5.12 Å². The van der Waals surface area contributed by atoms with E-state index >= 15 is 0 Å². The second-order valence-electron chi connectivity index (χ2n) is 2.98. The summed E-state index contributed by atoms with van der Waals surface area (Å²) in [6, 6.07) is 0. The van der Waals surface area contributed by atoms with Crippen LogP contribution in [0.4, 0.5) is 0 Å². The molecule has 1 rings (SSSR count). The maximum Gasteiger partial charge on any atom is 0.214 e. The van der Waals surface area contributed by atoms with Crippen LogP contribution in [0.15, 0.2) is 12.2 Å². The maximum atomic E-state index is 11.2. The van der Waals surface area contributed by atoms with E-state index in [0.717, 1.165) is 17.4 Å². The van der Waals surface area contributed by atoms with Gasteiger partial charge in [0.25, 0.3) is 0 Å². The van der Waals surface area contributed by atoms with Crippen molar-refractivity contribution >= 4 is 40.4 Å². The first-order chi connectivity index (χ1) is 6.20. The normalized spacial score (nSPS) is 21.8. The SMILES string of the molecule is C=C(C)C(=O)SCCC1CSCS1. The molecule has 1 fully saturated rings. The van der Waals surface area contributed by atoms with E-state index in [1.165, 1.54) is 22.6 Å². The Morgan fingerprint density at radius 1 is 1.69 bits per heavy atom. The molecule has 0 bridgehead atoms. The molecular weight excluding hydrogens is 220 g/mol. The molecule has 0 saturated carbocycles. The lowest BCUT2D eigenvalue weighted by atomic mass is 10.4. The molecule has 0 amide bonds. The lowest BCUT2D eigenvalue weighted by Gasteiger charge is -2.05. The van der Waals surface area contributed by atoms with Gasteiger partial charge >= 0.3 is 0 Å². The fraction of sp³-hybridized carbons (Fsp3) is 0.667. The zero-order valence-corrected chi connectivity index (χ0v) is 10.2. The standard InChI is InChI=1S/C9H14OS3/c1-7(2)9(10)12-4-3-8-5-11-6-13-8/h8H,1,3-6H2,2H3. The highest BCUT2D eigenvalue weighted by atomic mass is 32.2. The minimum absolute atomic E-state index is 0.149. The number of carbonyl (C=O) groups is 1. The summed E-state index contributed by atoms with van der Waals surface area (Å²) in [6.45, 7) is 5.40. The highest BCUT2D eigenvalue weighted by Crippen LogP contribution is 2.32. The van der Waals surface area contributed by atoms with Gasteiger partial charge in [-0.15, -0.1) is 23.5 Å². The number of thioether (sulfide) groups is 3. The van der Waals surface area contributed by atoms with Crippen LogP contribution in [0.2, 0.25) is 0 Å². The van der Waals surface area contributed by atoms with Crippen molar-refractivity contribution in [3.8, 4) is 0 Å². The quantitative estimate of drug-likeness (QED) is 0.695. The van der Waals surface area contributed by atoms with Crippen molar-refractivity contribution in [2.75, 3.05) is 16.6 Å². The van der Waals surface area contributed by atoms with Crippen LogP contribution >= 0.6 is 35.3 Å². The van der Waals surface area contributed by atoms with Gasteiger partial charge < -0.3 is 0 Å². The molecule has 0 radical (unpaired) electrons. The second-order valence-corrected chi connectivity index (χ2v) is 6.73. The van der Waals surface area contributed by atoms with E-state index in [2.05, 4.69) is 6.58 Å². The largest absolute Gasteiger partial charge is 0.282 e. The molecule has 0 N–H and O–H groups in total. The van der Waals surface area contributed by atoms with Crippen LogP contribution in [0, 0.1) is 0 Å². The number of carbonyl (C=O) groups excluding carboxylic acids is 1. The molecule has 1 aliphatic heterocycles. The van der Waals surface area contributed by atoms with Crippen LogP contribution in [-0.4, -0.2) is 27.0 Å². The third kappa shape index (κ3) is 4.47. The molecule has 0 aromatic heterocycles. The molecule has 4 heteroatoms. The summed E-state index contributed by atoms with van der Waals surface area (Å²) in [5.41, 5.74) is 0.665. The van der Waals surface area contributed by atoms with E-state index in [1.54, 1.807) is 6.92 Å². The highest BCUT2D eigenvalue weighted by Gasteiger charge is 2.16. The van der Waals surface area contributed by atoms with Crippen LogP contribution in [0.25, 0.3) is 0 Å². The zero-order chi connectivity index (χ0) is 9.68. The Balaban J connectivity index is 2.06. The summed E-state index contributed by atoms with van der Waals surface area (Å²) < 4.78 is 0. The molecule has 0 aliphatic carbocycles. The lowest BCUT2D eigenvalue weighted by molar-refractivity contribution is -0.107. The molecule has 13 heavy (non-hydrogen) atoms. The number of rotatable bonds is 4. The van der Waals surface area contributed by atoms with Gasteiger partial charge in [-0.05, 0) is 18.9 Å². The van der Waals surface area contributed by atoms with E-state index in [1.807, 2.05) is 23.5 Å². The number of hydrogen-bond acceptors (Lipinski definition) is 4. The average molecular weight is 234 g/mol. The molecule has 0 spiro atoms. The van der Waals surface area contributed by atoms with Crippen LogP contribution in [0.1, 0.15) is 13.3 Å². The van der Waals surface area contributed by atoms with Crippen LogP contribution in [0.5, 0.6) is 0 Å². The molecule has 1 aliphatic rings. The third-order valence-corrected chi connectivity index (χ3v) is 5.70. The summed E-state index contributed by atoms with van der Waals surface area (Å²) in [5, 5.41) is 2.15. The molecule has 1 heterocycles. The maximum absolute atomic E-state index is 11.2. The monoisotopic (exact) mass is 234 g/mol. The molecular formula is C9H14OS3. The van der Waals surface area contributed by atoms with E-state index in [9.17, 15) is 4.79 Å². The van der Waals surface area contributed by atoms with Gasteiger partial charge in [-0.3, -0.25) is 4.79 Å². The smallest absolute Gasteiger partial charge is 0.214 e. The molecule has 74 valence electrons. The van der Waals surface area contributed by atoms with Gasteiger partial charge in [-0.2, -0.15) is 0 Å². The van der Waals surface area contributed by atoms with Crippen LogP contribution in [-0.2, 0) is 4.79 Å². The van der Waals surface area contributed by atoms with Gasteiger partial charge in [0.2, 0.25) is 5.12 Å². The fourth-order valence-corrected chi connectivity index (χ4v) is 4.86. The van der Waals surface area contributed by atoms with Gasteiger partial charge in [0.1, 0.15) is 0 Å². The highest BCUT2D eigenvalue weighted by molar-refractivity contribution is 8.19. The topological polar surface area (TPSA) is 17.1 Å². The molecule has 1 saturated heterocycles. The molecule has 1 atom stereocenters. The molecule has 0 aromatic rings. The Labute approximate surface area is 92.5 Å². The van der Waals surface area contributed by atoms with Gasteiger partial charge in [0.05, 0.1) is 0 Å². The summed E-state index contributed by atoms with van der Waals surface area (Å²) in [7, 11) is 0. The van der Waals surface area contributed by atoms with Gasteiger partial charge in [0.15, 0.2) is 0 Å². The van der Waals surface area contributed by atoms with E-state index in [4.69, 9.17) is 0 Å². The molecule has 0 aromatic carbocycles. The van der Waals surface area contributed by atoms with Gasteiger partial charge in [0, 0.05) is 21.8 Å². The predicted octanol–water partition coefficient (Wildman–Crippen LogP) is 3.02. The van der Waals surface area contributed by atoms with Crippen molar-refractivity contribution in [3.63, 3.8) is 0 Å². The Kier molecular flexibility index (Phi) is 5.36. The Morgan fingerprint density at radius 3 is 3.00 bits per heavy atom. The van der Waals surface area contributed by atoms with Crippen molar-refractivity contribution < 1.29 is 4.79 Å². The lowest BCUT2D eigenvalue weighted by Crippen LogP contribution is -2.04. The van der Waals surface area contributed by atoms with Crippen molar-refractivity contribution in [1.82, 2.24) is 0 Å². The molecule has 1 unspecified atom stereocenters.